The summed E-state index contributed by atoms with van der Waals surface area (Å²) in [5.74, 6) is -1.47. The molecule has 0 radical (unpaired) electrons. The minimum atomic E-state index is -0.734. The van der Waals surface area contributed by atoms with Gasteiger partial charge < -0.3 is 10.2 Å². The Balaban J connectivity index is 1.74. The maximum absolute atomic E-state index is 11.0. The van der Waals surface area contributed by atoms with E-state index >= 15 is 0 Å². The van der Waals surface area contributed by atoms with Crippen molar-refractivity contribution in [2.24, 2.45) is 0 Å². The fourth-order valence-corrected chi connectivity index (χ4v) is 3.22. The molecular weight excluding hydrogens is 248 g/mol. The van der Waals surface area contributed by atoms with Crippen molar-refractivity contribution in [2.45, 2.75) is 44.2 Å². The molecule has 2 fully saturated rings. The molecule has 0 saturated carbocycles. The highest BCUT2D eigenvalue weighted by Crippen LogP contribution is 2.20. The Morgan fingerprint density at radius 1 is 0.895 bits per heavy atom. The largest absolute Gasteiger partial charge is 0.480 e. The third kappa shape index (κ3) is 3.45. The zero-order chi connectivity index (χ0) is 13.8. The highest BCUT2D eigenvalue weighted by atomic mass is 16.4. The van der Waals surface area contributed by atoms with Crippen molar-refractivity contribution in [1.29, 1.82) is 0 Å². The van der Waals surface area contributed by atoms with Crippen LogP contribution < -0.4 is 0 Å². The first-order chi connectivity index (χ1) is 9.09. The molecule has 108 valence electrons. The predicted octanol–water partition coefficient (Wildman–Crippen LogP) is 0.475. The van der Waals surface area contributed by atoms with Crippen LogP contribution in [0.5, 0.6) is 0 Å². The summed E-state index contributed by atoms with van der Waals surface area (Å²) in [7, 11) is 0. The fraction of sp³-hybridized carbons (Fsp3) is 0.846. The molecule has 2 aliphatic rings. The van der Waals surface area contributed by atoms with Gasteiger partial charge in [0.25, 0.3) is 0 Å². The average Bonchev–Trinajstić information content (AvgIpc) is 2.96. The SMILES string of the molecule is O=C(O)C1CCCN1CCCN1CCCC1C(=O)O. The lowest BCUT2D eigenvalue weighted by Gasteiger charge is -2.24. The van der Waals surface area contributed by atoms with Gasteiger partial charge in [0.05, 0.1) is 0 Å². The van der Waals surface area contributed by atoms with Crippen molar-refractivity contribution in [1.82, 2.24) is 9.80 Å². The third-order valence-electron chi connectivity index (χ3n) is 4.19. The average molecular weight is 270 g/mol. The number of rotatable bonds is 6. The molecule has 2 saturated heterocycles. The van der Waals surface area contributed by atoms with Crippen LogP contribution in [0.2, 0.25) is 0 Å². The van der Waals surface area contributed by atoms with Crippen LogP contribution in [0.1, 0.15) is 32.1 Å². The number of carboxylic acids is 2. The van der Waals surface area contributed by atoms with E-state index in [1.54, 1.807) is 0 Å². The van der Waals surface area contributed by atoms with Crippen LogP contribution in [0.3, 0.4) is 0 Å². The molecular formula is C13H22N2O4. The Hall–Kier alpha value is -1.14. The topological polar surface area (TPSA) is 81.1 Å². The van der Waals surface area contributed by atoms with E-state index in [0.29, 0.717) is 0 Å². The van der Waals surface area contributed by atoms with E-state index in [9.17, 15) is 9.59 Å². The molecule has 0 spiro atoms. The van der Waals surface area contributed by atoms with Crippen LogP contribution in [0.15, 0.2) is 0 Å². The smallest absolute Gasteiger partial charge is 0.320 e. The fourth-order valence-electron chi connectivity index (χ4n) is 3.22. The summed E-state index contributed by atoms with van der Waals surface area (Å²) >= 11 is 0. The second-order valence-corrected chi connectivity index (χ2v) is 5.42. The standard InChI is InChI=1S/C13H22N2O4/c16-12(17)10-4-1-6-14(10)8-3-9-15-7-2-5-11(15)13(18)19/h10-11H,1-9H2,(H,16,17)(H,18,19). The van der Waals surface area contributed by atoms with Gasteiger partial charge in [0.2, 0.25) is 0 Å². The van der Waals surface area contributed by atoms with Gasteiger partial charge >= 0.3 is 11.9 Å². The van der Waals surface area contributed by atoms with E-state index in [2.05, 4.69) is 0 Å². The number of hydrogen-bond donors (Lipinski definition) is 2. The molecule has 0 aliphatic carbocycles. The van der Waals surface area contributed by atoms with E-state index in [4.69, 9.17) is 10.2 Å². The molecule has 2 N–H and O–H groups in total. The quantitative estimate of drug-likeness (QED) is 0.730. The molecule has 0 aromatic carbocycles. The number of carboxylic acid groups (broad SMARTS) is 2. The number of aliphatic carboxylic acids is 2. The molecule has 2 aliphatic heterocycles. The zero-order valence-electron chi connectivity index (χ0n) is 11.1. The Labute approximate surface area is 113 Å². The minimum absolute atomic E-state index is 0.339. The Bertz CT molecular complexity index is 316. The Kier molecular flexibility index (Phi) is 4.76. The number of likely N-dealkylation sites (tertiary alicyclic amines) is 2. The molecule has 0 aromatic heterocycles. The van der Waals surface area contributed by atoms with Crippen LogP contribution in [-0.4, -0.2) is 70.2 Å². The van der Waals surface area contributed by atoms with Crippen molar-refractivity contribution in [3.63, 3.8) is 0 Å². The molecule has 0 bridgehead atoms. The molecule has 2 rings (SSSR count). The van der Waals surface area contributed by atoms with Gasteiger partial charge in [-0.05, 0) is 45.2 Å². The van der Waals surface area contributed by atoms with Gasteiger partial charge in [0.15, 0.2) is 0 Å². The lowest BCUT2D eigenvalue weighted by molar-refractivity contribution is -0.142. The number of nitrogens with zero attached hydrogens (tertiary/aromatic N) is 2. The monoisotopic (exact) mass is 270 g/mol. The van der Waals surface area contributed by atoms with Crippen molar-refractivity contribution in [3.05, 3.63) is 0 Å². The van der Waals surface area contributed by atoms with Crippen molar-refractivity contribution in [3.8, 4) is 0 Å². The predicted molar refractivity (Wildman–Crippen MR) is 69.1 cm³/mol. The van der Waals surface area contributed by atoms with Gasteiger partial charge in [-0.3, -0.25) is 19.4 Å². The van der Waals surface area contributed by atoms with E-state index in [1.807, 2.05) is 9.80 Å². The minimum Gasteiger partial charge on any atom is -0.480 e. The van der Waals surface area contributed by atoms with Crippen molar-refractivity contribution >= 4 is 11.9 Å². The molecule has 2 heterocycles. The molecule has 6 heteroatoms. The molecule has 2 atom stereocenters. The molecule has 2 unspecified atom stereocenters. The van der Waals surface area contributed by atoms with E-state index in [-0.39, 0.29) is 12.1 Å². The summed E-state index contributed by atoms with van der Waals surface area (Å²) in [6.45, 7) is 3.19. The van der Waals surface area contributed by atoms with Crippen LogP contribution in [0, 0.1) is 0 Å². The van der Waals surface area contributed by atoms with E-state index < -0.39 is 11.9 Å². The van der Waals surface area contributed by atoms with Crippen LogP contribution >= 0.6 is 0 Å². The first-order valence-electron chi connectivity index (χ1n) is 7.03. The van der Waals surface area contributed by atoms with Gasteiger partial charge in [-0.25, -0.2) is 0 Å². The zero-order valence-corrected chi connectivity index (χ0v) is 11.1. The van der Waals surface area contributed by atoms with Crippen LogP contribution in [0.4, 0.5) is 0 Å². The normalized spacial score (nSPS) is 28.8. The second-order valence-electron chi connectivity index (χ2n) is 5.42. The highest BCUT2D eigenvalue weighted by molar-refractivity contribution is 5.74. The van der Waals surface area contributed by atoms with Gasteiger partial charge in [-0.1, -0.05) is 0 Å². The van der Waals surface area contributed by atoms with Crippen molar-refractivity contribution < 1.29 is 19.8 Å². The molecule has 0 aromatic rings. The molecule has 0 amide bonds. The number of carbonyl (C=O) groups is 2. The summed E-state index contributed by atoms with van der Waals surface area (Å²) < 4.78 is 0. The maximum Gasteiger partial charge on any atom is 0.320 e. The lowest BCUT2D eigenvalue weighted by Crippen LogP contribution is -2.40. The summed E-state index contributed by atoms with van der Waals surface area (Å²) in [5, 5.41) is 18.2. The summed E-state index contributed by atoms with van der Waals surface area (Å²) in [4.78, 5) is 26.1. The van der Waals surface area contributed by atoms with Crippen LogP contribution in [0.25, 0.3) is 0 Å². The Morgan fingerprint density at radius 2 is 1.32 bits per heavy atom. The third-order valence-corrected chi connectivity index (χ3v) is 4.19. The first-order valence-corrected chi connectivity index (χ1v) is 7.03. The Morgan fingerprint density at radius 3 is 1.68 bits per heavy atom. The van der Waals surface area contributed by atoms with Gasteiger partial charge in [0.1, 0.15) is 12.1 Å². The second kappa shape index (κ2) is 6.34. The van der Waals surface area contributed by atoms with Gasteiger partial charge in [-0.2, -0.15) is 0 Å². The van der Waals surface area contributed by atoms with Crippen molar-refractivity contribution in [2.75, 3.05) is 26.2 Å². The summed E-state index contributed by atoms with van der Waals surface area (Å²) in [6, 6.07) is -0.678. The lowest BCUT2D eigenvalue weighted by atomic mass is 10.2. The highest BCUT2D eigenvalue weighted by Gasteiger charge is 2.32. The maximum atomic E-state index is 11.0. The van der Waals surface area contributed by atoms with Gasteiger partial charge in [0, 0.05) is 13.1 Å². The van der Waals surface area contributed by atoms with E-state index in [0.717, 1.165) is 58.3 Å². The summed E-state index contributed by atoms with van der Waals surface area (Å²) in [5.41, 5.74) is 0. The number of hydrogen-bond acceptors (Lipinski definition) is 4. The van der Waals surface area contributed by atoms with Gasteiger partial charge in [-0.15, -0.1) is 0 Å². The van der Waals surface area contributed by atoms with Crippen LogP contribution in [-0.2, 0) is 9.59 Å². The van der Waals surface area contributed by atoms with E-state index in [1.165, 1.54) is 0 Å². The molecule has 19 heavy (non-hydrogen) atoms. The molecule has 6 nitrogen and oxygen atoms in total. The summed E-state index contributed by atoms with van der Waals surface area (Å²) in [6.07, 6.45) is 4.19. The first kappa shape index (κ1) is 14.3.